The summed E-state index contributed by atoms with van der Waals surface area (Å²) < 4.78 is 11.1. The number of thioether (sulfide) groups is 1. The number of fused-ring (bicyclic) bond motifs is 1. The van der Waals surface area contributed by atoms with E-state index in [-0.39, 0.29) is 5.97 Å². The van der Waals surface area contributed by atoms with E-state index in [0.717, 1.165) is 30.8 Å². The van der Waals surface area contributed by atoms with Crippen LogP contribution in [0.3, 0.4) is 0 Å². The van der Waals surface area contributed by atoms with E-state index in [0.29, 0.717) is 16.7 Å². The molecule has 0 bridgehead atoms. The minimum atomic E-state index is -0.400. The number of rotatable bonds is 4. The molecule has 0 unspecified atom stereocenters. The summed E-state index contributed by atoms with van der Waals surface area (Å²) in [5.74, 6) is 0.0122. The van der Waals surface area contributed by atoms with Crippen molar-refractivity contribution in [3.8, 4) is 11.5 Å². The first-order valence-electron chi connectivity index (χ1n) is 9.85. The summed E-state index contributed by atoms with van der Waals surface area (Å²) in [6.45, 7) is 4.71. The molecule has 1 aliphatic heterocycles. The van der Waals surface area contributed by atoms with Gasteiger partial charge in [-0.1, -0.05) is 19.3 Å². The van der Waals surface area contributed by atoms with Crippen LogP contribution < -0.4 is 9.47 Å². The third kappa shape index (κ3) is 5.26. The Morgan fingerprint density at radius 2 is 1.70 bits per heavy atom. The minimum absolute atomic E-state index is 0.374. The number of carbonyl (C=O) groups excluding carboxylic acids is 2. The number of hydrogen-bond acceptors (Lipinski definition) is 6. The summed E-state index contributed by atoms with van der Waals surface area (Å²) in [5, 5.41) is 0.519. The lowest BCUT2D eigenvalue weighted by Gasteiger charge is -2.25. The number of esters is 2. The maximum Gasteiger partial charge on any atom is 0.308 e. The average molecular weight is 392 g/mol. The van der Waals surface area contributed by atoms with E-state index < -0.39 is 5.97 Å². The van der Waals surface area contributed by atoms with Crippen LogP contribution in [0.4, 0.5) is 0 Å². The van der Waals surface area contributed by atoms with Gasteiger partial charge in [0.1, 0.15) is 0 Å². The number of hydrogen-bond donors (Lipinski definition) is 0. The van der Waals surface area contributed by atoms with Crippen molar-refractivity contribution in [2.24, 2.45) is 0 Å². The molecule has 0 radical (unpaired) electrons. The second kappa shape index (κ2) is 9.11. The van der Waals surface area contributed by atoms with Gasteiger partial charge in [0.15, 0.2) is 11.5 Å². The quantitative estimate of drug-likeness (QED) is 0.571. The third-order valence-corrected chi connectivity index (χ3v) is 6.71. The molecule has 1 heterocycles. The summed E-state index contributed by atoms with van der Waals surface area (Å²) in [6, 6.07) is 1.90. The average Bonchev–Trinajstić information content (AvgIpc) is 2.80. The first kappa shape index (κ1) is 20.2. The lowest BCUT2D eigenvalue weighted by Crippen LogP contribution is -2.20. The normalized spacial score (nSPS) is 18.5. The highest BCUT2D eigenvalue weighted by atomic mass is 32.2. The Morgan fingerprint density at radius 1 is 1.04 bits per heavy atom. The van der Waals surface area contributed by atoms with E-state index in [1.807, 2.05) is 17.8 Å². The van der Waals surface area contributed by atoms with Crippen molar-refractivity contribution >= 4 is 23.7 Å². The topological polar surface area (TPSA) is 55.8 Å². The zero-order valence-corrected chi connectivity index (χ0v) is 17.3. The predicted octanol–water partition coefficient (Wildman–Crippen LogP) is 3.99. The van der Waals surface area contributed by atoms with Gasteiger partial charge >= 0.3 is 11.9 Å². The van der Waals surface area contributed by atoms with Crippen LogP contribution in [0.15, 0.2) is 11.0 Å². The molecule has 3 rings (SSSR count). The zero-order chi connectivity index (χ0) is 19.4. The highest BCUT2D eigenvalue weighted by molar-refractivity contribution is 8.00. The van der Waals surface area contributed by atoms with Crippen LogP contribution in [-0.2, 0) is 22.4 Å². The molecule has 0 spiro atoms. The molecule has 0 N–H and O–H groups in total. The van der Waals surface area contributed by atoms with Gasteiger partial charge in [-0.05, 0) is 49.9 Å². The number of carbonyl (C=O) groups is 2. The Balaban J connectivity index is 2.08. The second-order valence-electron chi connectivity index (χ2n) is 7.54. The van der Waals surface area contributed by atoms with Crippen LogP contribution in [0.1, 0.15) is 57.1 Å². The molecule has 0 amide bonds. The molecular formula is C21H29NO4S. The van der Waals surface area contributed by atoms with Crippen molar-refractivity contribution in [2.45, 2.75) is 68.9 Å². The monoisotopic (exact) mass is 391 g/mol. The van der Waals surface area contributed by atoms with Gasteiger partial charge in [-0.3, -0.25) is 9.59 Å². The molecule has 1 aliphatic carbocycles. The van der Waals surface area contributed by atoms with Gasteiger partial charge in [0, 0.05) is 32.2 Å². The lowest BCUT2D eigenvalue weighted by atomic mass is 10.0. The fraction of sp³-hybridized carbons (Fsp3) is 0.619. The van der Waals surface area contributed by atoms with Gasteiger partial charge in [0.25, 0.3) is 0 Å². The number of nitrogens with zero attached hydrogens (tertiary/aromatic N) is 1. The summed E-state index contributed by atoms with van der Waals surface area (Å²) >= 11 is 1.81. The fourth-order valence-corrected chi connectivity index (χ4v) is 5.40. The number of likely N-dealkylation sites (N-methyl/N-ethyl adjacent to an activating group) is 1. The lowest BCUT2D eigenvalue weighted by molar-refractivity contribution is -0.134. The van der Waals surface area contributed by atoms with Gasteiger partial charge in [0.05, 0.1) is 4.90 Å². The summed E-state index contributed by atoms with van der Waals surface area (Å²) in [6.07, 6.45) is 7.95. The van der Waals surface area contributed by atoms with Crippen molar-refractivity contribution in [1.29, 1.82) is 0 Å². The van der Waals surface area contributed by atoms with Crippen LogP contribution in [0.25, 0.3) is 0 Å². The molecule has 1 aromatic carbocycles. The Labute approximate surface area is 165 Å². The van der Waals surface area contributed by atoms with Crippen LogP contribution in [0.2, 0.25) is 0 Å². The van der Waals surface area contributed by atoms with Crippen LogP contribution in [0.5, 0.6) is 11.5 Å². The van der Waals surface area contributed by atoms with Crippen molar-refractivity contribution in [3.63, 3.8) is 0 Å². The number of ether oxygens (including phenoxy) is 2. The molecule has 27 heavy (non-hydrogen) atoms. The standard InChI is InChI=1S/C21H29NO4S/c1-14(23)25-19-13-16-9-11-22(3)12-10-18(16)21(20(19)26-15(2)24)27-17-7-5-4-6-8-17/h13,17H,4-12H2,1-3H3. The van der Waals surface area contributed by atoms with Gasteiger partial charge in [0.2, 0.25) is 0 Å². The Bertz CT molecular complexity index is 713. The second-order valence-corrected chi connectivity index (χ2v) is 8.85. The maximum absolute atomic E-state index is 11.8. The van der Waals surface area contributed by atoms with Crippen molar-refractivity contribution < 1.29 is 19.1 Å². The largest absolute Gasteiger partial charge is 0.423 e. The Hall–Kier alpha value is -1.53. The molecule has 6 heteroatoms. The smallest absolute Gasteiger partial charge is 0.308 e. The molecule has 0 saturated heterocycles. The molecule has 0 aromatic heterocycles. The Morgan fingerprint density at radius 3 is 2.37 bits per heavy atom. The first-order valence-corrected chi connectivity index (χ1v) is 10.7. The molecule has 0 atom stereocenters. The summed E-state index contributed by atoms with van der Waals surface area (Å²) in [7, 11) is 2.12. The van der Waals surface area contributed by atoms with E-state index in [9.17, 15) is 9.59 Å². The zero-order valence-electron chi connectivity index (χ0n) is 16.5. The van der Waals surface area contributed by atoms with E-state index >= 15 is 0 Å². The SMILES string of the molecule is CC(=O)Oc1cc2c(c(SC3CCCCC3)c1OC(C)=O)CCN(C)CC2. The van der Waals surface area contributed by atoms with Gasteiger partial charge in [-0.25, -0.2) is 0 Å². The highest BCUT2D eigenvalue weighted by Crippen LogP contribution is 2.47. The van der Waals surface area contributed by atoms with Crippen LogP contribution in [0, 0.1) is 0 Å². The Kier molecular flexibility index (Phi) is 6.82. The molecule has 148 valence electrons. The highest BCUT2D eigenvalue weighted by Gasteiger charge is 2.27. The molecule has 2 aliphatic rings. The molecule has 1 saturated carbocycles. The predicted molar refractivity (Wildman–Crippen MR) is 107 cm³/mol. The molecule has 5 nitrogen and oxygen atoms in total. The van der Waals surface area contributed by atoms with Crippen LogP contribution in [-0.4, -0.2) is 42.2 Å². The van der Waals surface area contributed by atoms with Gasteiger partial charge in [-0.15, -0.1) is 11.8 Å². The maximum atomic E-state index is 11.8. The van der Waals surface area contributed by atoms with E-state index in [1.165, 1.54) is 57.1 Å². The molecule has 1 aromatic rings. The van der Waals surface area contributed by atoms with E-state index in [4.69, 9.17) is 9.47 Å². The van der Waals surface area contributed by atoms with Crippen LogP contribution >= 0.6 is 11.8 Å². The fourth-order valence-electron chi connectivity index (χ4n) is 3.87. The van der Waals surface area contributed by atoms with Crippen molar-refractivity contribution in [3.05, 3.63) is 17.2 Å². The summed E-state index contributed by atoms with van der Waals surface area (Å²) in [5.41, 5.74) is 2.45. The number of benzene rings is 1. The minimum Gasteiger partial charge on any atom is -0.423 e. The van der Waals surface area contributed by atoms with Gasteiger partial charge in [-0.2, -0.15) is 0 Å². The van der Waals surface area contributed by atoms with E-state index in [1.54, 1.807) is 0 Å². The van der Waals surface area contributed by atoms with Crippen molar-refractivity contribution in [1.82, 2.24) is 4.90 Å². The first-order chi connectivity index (χ1) is 12.9. The van der Waals surface area contributed by atoms with E-state index in [2.05, 4.69) is 11.9 Å². The van der Waals surface area contributed by atoms with Crippen molar-refractivity contribution in [2.75, 3.05) is 20.1 Å². The van der Waals surface area contributed by atoms with Gasteiger partial charge < -0.3 is 14.4 Å². The molecular weight excluding hydrogens is 362 g/mol. The molecule has 1 fully saturated rings. The third-order valence-electron chi connectivity index (χ3n) is 5.24. The summed E-state index contributed by atoms with van der Waals surface area (Å²) in [4.78, 5) is 26.8.